The quantitative estimate of drug-likeness (QED) is 0.814. The van der Waals surface area contributed by atoms with Crippen LogP contribution in [-0.4, -0.2) is 29.4 Å². The van der Waals surface area contributed by atoms with Gasteiger partial charge in [-0.3, -0.25) is 4.79 Å². The predicted molar refractivity (Wildman–Crippen MR) is 112 cm³/mol. The topological polar surface area (TPSA) is 68.2 Å². The number of nitrogens with zero attached hydrogens (tertiary/aromatic N) is 2. The van der Waals surface area contributed by atoms with E-state index in [9.17, 15) is 14.4 Å². The van der Waals surface area contributed by atoms with Crippen molar-refractivity contribution in [1.29, 1.82) is 5.26 Å². The zero-order chi connectivity index (χ0) is 20.7. The molecule has 0 aromatic heterocycles. The van der Waals surface area contributed by atoms with Crippen molar-refractivity contribution in [3.63, 3.8) is 0 Å². The van der Waals surface area contributed by atoms with Crippen LogP contribution in [0.2, 0.25) is 0 Å². The van der Waals surface area contributed by atoms with Crippen LogP contribution in [0.4, 0.5) is 4.39 Å². The third-order valence-corrected chi connectivity index (χ3v) is 6.29. The molecule has 30 heavy (non-hydrogen) atoms. The van der Waals surface area contributed by atoms with E-state index in [-0.39, 0.29) is 11.9 Å². The Hall–Kier alpha value is -3.17. The zero-order valence-electron chi connectivity index (χ0n) is 16.6. The Morgan fingerprint density at radius 2 is 1.90 bits per heavy atom. The summed E-state index contributed by atoms with van der Waals surface area (Å²) < 4.78 is 13.4. The molecule has 1 atom stereocenters. The molecule has 1 saturated carbocycles. The van der Waals surface area contributed by atoms with Crippen LogP contribution in [0.1, 0.15) is 48.0 Å². The molecule has 1 fully saturated rings. The van der Waals surface area contributed by atoms with E-state index in [1.165, 1.54) is 23.4 Å². The Labute approximate surface area is 175 Å². The molecule has 0 radical (unpaired) electrons. The normalized spacial score (nSPS) is 20.3. The molecule has 2 aliphatic carbocycles. The molecule has 1 aliphatic heterocycles. The smallest absolute Gasteiger partial charge is 0.254 e. The van der Waals surface area contributed by atoms with Gasteiger partial charge in [0.15, 0.2) is 0 Å². The number of carbonyl (C=O) groups is 1. The van der Waals surface area contributed by atoms with Crippen LogP contribution in [0.25, 0.3) is 11.1 Å². The first-order valence-electron chi connectivity index (χ1n) is 10.5. The number of carbonyl (C=O) groups excluding carboxylic acids is 1. The van der Waals surface area contributed by atoms with Crippen LogP contribution in [0, 0.1) is 17.1 Å². The molecule has 2 aromatic carbocycles. The summed E-state index contributed by atoms with van der Waals surface area (Å²) in [7, 11) is 0. The summed E-state index contributed by atoms with van der Waals surface area (Å²) in [6.45, 7) is 0.853. The second kappa shape index (κ2) is 7.58. The molecule has 0 saturated heterocycles. The van der Waals surface area contributed by atoms with Crippen LogP contribution in [0.15, 0.2) is 53.7 Å². The Bertz CT molecular complexity index is 1070. The first-order valence-corrected chi connectivity index (χ1v) is 10.5. The summed E-state index contributed by atoms with van der Waals surface area (Å²) >= 11 is 0. The molecule has 1 heterocycles. The van der Waals surface area contributed by atoms with Crippen LogP contribution in [0.5, 0.6) is 0 Å². The number of allylic oxidation sites excluding steroid dienone is 1. The largest absolute Gasteiger partial charge is 0.332 e. The molecule has 6 heteroatoms. The summed E-state index contributed by atoms with van der Waals surface area (Å²) in [4.78, 5) is 15.5. The standard InChI is InChI=1S/C24H23FN4O/c25-19-5-9-22(17(11-19)13-26)15-1-3-16(4-2-15)24(30)29(20-6-7-20)21-8-10-23-18(12-21)14-27-28-23/h1-5,9,11,20-21,27-28H,6-8,10,12,14H2. The van der Waals surface area contributed by atoms with Crippen LogP contribution < -0.4 is 10.9 Å². The average molecular weight is 402 g/mol. The molecule has 2 aromatic rings. The molecule has 3 aliphatic rings. The van der Waals surface area contributed by atoms with Crippen LogP contribution in [0.3, 0.4) is 0 Å². The number of nitriles is 1. The maximum absolute atomic E-state index is 13.4. The van der Waals surface area contributed by atoms with Gasteiger partial charge in [0.2, 0.25) is 0 Å². The first kappa shape index (κ1) is 18.8. The van der Waals surface area contributed by atoms with E-state index in [2.05, 4.69) is 15.8 Å². The number of halogens is 1. The Morgan fingerprint density at radius 1 is 1.10 bits per heavy atom. The lowest BCUT2D eigenvalue weighted by Crippen LogP contribution is -2.43. The minimum atomic E-state index is -0.430. The number of hydrogen-bond acceptors (Lipinski definition) is 4. The number of benzene rings is 2. The maximum Gasteiger partial charge on any atom is 0.254 e. The Kier molecular flexibility index (Phi) is 4.76. The van der Waals surface area contributed by atoms with Crippen molar-refractivity contribution < 1.29 is 9.18 Å². The van der Waals surface area contributed by atoms with Gasteiger partial charge in [-0.15, -0.1) is 0 Å². The highest BCUT2D eigenvalue weighted by Gasteiger charge is 2.39. The summed E-state index contributed by atoms with van der Waals surface area (Å²) in [5.74, 6) is -0.350. The molecule has 0 spiro atoms. The van der Waals surface area contributed by atoms with E-state index in [4.69, 9.17) is 0 Å². The van der Waals surface area contributed by atoms with Gasteiger partial charge in [-0.25, -0.2) is 9.82 Å². The number of rotatable bonds is 4. The molecule has 1 amide bonds. The minimum absolute atomic E-state index is 0.0802. The zero-order valence-corrected chi connectivity index (χ0v) is 16.6. The van der Waals surface area contributed by atoms with Crippen molar-refractivity contribution in [2.45, 2.75) is 44.2 Å². The van der Waals surface area contributed by atoms with Crippen molar-refractivity contribution >= 4 is 5.91 Å². The second-order valence-corrected chi connectivity index (χ2v) is 8.28. The lowest BCUT2D eigenvalue weighted by Gasteiger charge is -2.35. The maximum atomic E-state index is 13.4. The number of nitrogens with one attached hydrogen (secondary N) is 2. The highest BCUT2D eigenvalue weighted by Crippen LogP contribution is 2.37. The number of amides is 1. The van der Waals surface area contributed by atoms with E-state index in [1.807, 2.05) is 30.3 Å². The molecule has 1 unspecified atom stereocenters. The van der Waals surface area contributed by atoms with Crippen molar-refractivity contribution in [1.82, 2.24) is 15.8 Å². The van der Waals surface area contributed by atoms with Gasteiger partial charge in [-0.05, 0) is 73.1 Å². The molecule has 2 N–H and O–H groups in total. The van der Waals surface area contributed by atoms with Crippen molar-refractivity contribution in [3.8, 4) is 17.2 Å². The van der Waals surface area contributed by atoms with Gasteiger partial charge in [0.25, 0.3) is 5.91 Å². The van der Waals surface area contributed by atoms with Crippen LogP contribution in [-0.2, 0) is 0 Å². The molecule has 5 nitrogen and oxygen atoms in total. The van der Waals surface area contributed by atoms with E-state index >= 15 is 0 Å². The molecular weight excluding hydrogens is 379 g/mol. The van der Waals surface area contributed by atoms with E-state index in [1.54, 1.807) is 6.07 Å². The lowest BCUT2D eigenvalue weighted by molar-refractivity contribution is 0.0643. The van der Waals surface area contributed by atoms with Gasteiger partial charge in [0.1, 0.15) is 5.82 Å². The Balaban J connectivity index is 1.38. The summed E-state index contributed by atoms with van der Waals surface area (Å²) in [6, 6.07) is 14.2. The molecule has 152 valence electrons. The SMILES string of the molecule is N#Cc1cc(F)ccc1-c1ccc(C(=O)N(C2CC2)C2CCC3=C(CNN3)C2)cc1. The minimum Gasteiger partial charge on any atom is -0.332 e. The fourth-order valence-electron chi connectivity index (χ4n) is 4.61. The molecular formula is C24H23FN4O. The van der Waals surface area contributed by atoms with E-state index < -0.39 is 5.82 Å². The van der Waals surface area contributed by atoms with Crippen molar-refractivity contribution in [2.75, 3.05) is 6.54 Å². The fraction of sp³-hybridized carbons (Fsp3) is 0.333. The predicted octanol–water partition coefficient (Wildman–Crippen LogP) is 3.88. The number of hydrazine groups is 1. The monoisotopic (exact) mass is 402 g/mol. The second-order valence-electron chi connectivity index (χ2n) is 8.28. The highest BCUT2D eigenvalue weighted by molar-refractivity contribution is 5.95. The van der Waals surface area contributed by atoms with E-state index in [0.29, 0.717) is 22.7 Å². The van der Waals surface area contributed by atoms with Gasteiger partial charge >= 0.3 is 0 Å². The molecule has 0 bridgehead atoms. The van der Waals surface area contributed by atoms with Crippen molar-refractivity contribution in [2.24, 2.45) is 0 Å². The third kappa shape index (κ3) is 3.46. The van der Waals surface area contributed by atoms with E-state index in [0.717, 1.165) is 44.2 Å². The highest BCUT2D eigenvalue weighted by atomic mass is 19.1. The van der Waals surface area contributed by atoms with Gasteiger partial charge in [0, 0.05) is 29.9 Å². The first-order chi connectivity index (χ1) is 14.6. The fourth-order valence-corrected chi connectivity index (χ4v) is 4.61. The summed E-state index contributed by atoms with van der Waals surface area (Å²) in [5.41, 5.74) is 11.5. The van der Waals surface area contributed by atoms with Crippen LogP contribution >= 0.6 is 0 Å². The number of hydrogen-bond donors (Lipinski definition) is 2. The van der Waals surface area contributed by atoms with Gasteiger partial charge in [-0.2, -0.15) is 5.26 Å². The van der Waals surface area contributed by atoms with Gasteiger partial charge in [-0.1, -0.05) is 18.2 Å². The molecule has 5 rings (SSSR count). The lowest BCUT2D eigenvalue weighted by atomic mass is 9.91. The average Bonchev–Trinajstić information content (AvgIpc) is 3.49. The summed E-state index contributed by atoms with van der Waals surface area (Å²) in [5, 5.41) is 9.31. The Morgan fingerprint density at radius 3 is 2.63 bits per heavy atom. The third-order valence-electron chi connectivity index (χ3n) is 6.29. The van der Waals surface area contributed by atoms with Crippen molar-refractivity contribution in [3.05, 3.63) is 70.7 Å². The summed E-state index contributed by atoms with van der Waals surface area (Å²) in [6.07, 6.45) is 5.03. The van der Waals surface area contributed by atoms with Gasteiger partial charge < -0.3 is 10.3 Å². The van der Waals surface area contributed by atoms with Gasteiger partial charge in [0.05, 0.1) is 11.6 Å².